The van der Waals surface area contributed by atoms with Gasteiger partial charge in [0.05, 0.1) is 30.5 Å². The predicted molar refractivity (Wildman–Crippen MR) is 99.5 cm³/mol. The Balaban J connectivity index is 1.63. The van der Waals surface area contributed by atoms with Crippen molar-refractivity contribution in [1.29, 1.82) is 0 Å². The summed E-state index contributed by atoms with van der Waals surface area (Å²) in [7, 11) is 0. The summed E-state index contributed by atoms with van der Waals surface area (Å²) in [4.78, 5) is 34.6. The van der Waals surface area contributed by atoms with Gasteiger partial charge in [-0.3, -0.25) is 14.5 Å². The van der Waals surface area contributed by atoms with Gasteiger partial charge in [-0.2, -0.15) is 0 Å². The largest absolute Gasteiger partial charge is 0.350 e. The van der Waals surface area contributed by atoms with E-state index in [1.165, 1.54) is 0 Å². The van der Waals surface area contributed by atoms with Gasteiger partial charge in [0.15, 0.2) is 0 Å². The highest BCUT2D eigenvalue weighted by molar-refractivity contribution is 7.09. The molecule has 130 valence electrons. The smallest absolute Gasteiger partial charge is 0.258 e. The third kappa shape index (κ3) is 4.52. The van der Waals surface area contributed by atoms with Gasteiger partial charge >= 0.3 is 0 Å². The molecule has 3 aromatic rings. The number of thiophene rings is 1. The Kier molecular flexibility index (Phi) is 5.57. The summed E-state index contributed by atoms with van der Waals surface area (Å²) in [5, 5.41) is 5.47. The quantitative estimate of drug-likeness (QED) is 0.680. The second-order valence-corrected chi connectivity index (χ2v) is 6.72. The van der Waals surface area contributed by atoms with Crippen LogP contribution in [0.4, 0.5) is 0 Å². The molecule has 0 spiro atoms. The highest BCUT2D eigenvalue weighted by Gasteiger charge is 2.12. The number of benzene rings is 1. The van der Waals surface area contributed by atoms with Crippen LogP contribution in [-0.4, -0.2) is 33.9 Å². The van der Waals surface area contributed by atoms with Crippen LogP contribution in [0, 0.1) is 0 Å². The van der Waals surface area contributed by atoms with Crippen molar-refractivity contribution in [3.05, 3.63) is 62.8 Å². The van der Waals surface area contributed by atoms with E-state index in [4.69, 9.17) is 0 Å². The number of para-hydroxylation sites is 1. The van der Waals surface area contributed by atoms with Crippen molar-refractivity contribution in [3.63, 3.8) is 0 Å². The van der Waals surface area contributed by atoms with Crippen LogP contribution >= 0.6 is 11.3 Å². The van der Waals surface area contributed by atoms with Crippen LogP contribution in [0.25, 0.3) is 10.9 Å². The van der Waals surface area contributed by atoms with Gasteiger partial charge in [0.2, 0.25) is 5.91 Å². The fraction of sp³-hybridized carbons (Fsp3) is 0.278. The molecule has 0 atom stereocenters. The number of aromatic amines is 1. The minimum Gasteiger partial charge on any atom is -0.350 e. The number of H-pyrrole nitrogens is 1. The lowest BCUT2D eigenvalue weighted by Gasteiger charge is -2.19. The van der Waals surface area contributed by atoms with Crippen LogP contribution in [0.5, 0.6) is 0 Å². The van der Waals surface area contributed by atoms with Crippen LogP contribution in [0.1, 0.15) is 17.6 Å². The zero-order valence-electron chi connectivity index (χ0n) is 14.0. The third-order valence-electron chi connectivity index (χ3n) is 3.89. The molecule has 6 nitrogen and oxygen atoms in total. The summed E-state index contributed by atoms with van der Waals surface area (Å²) in [6, 6.07) is 11.2. The first kappa shape index (κ1) is 17.3. The van der Waals surface area contributed by atoms with Crippen molar-refractivity contribution in [2.45, 2.75) is 20.0 Å². The molecule has 1 amide bonds. The Hall–Kier alpha value is -2.51. The number of rotatable bonds is 7. The number of fused-ring (bicyclic) bond motifs is 1. The molecule has 2 heterocycles. The number of hydrogen-bond acceptors (Lipinski definition) is 5. The van der Waals surface area contributed by atoms with Gasteiger partial charge in [-0.1, -0.05) is 25.1 Å². The van der Waals surface area contributed by atoms with Crippen molar-refractivity contribution in [3.8, 4) is 0 Å². The molecule has 3 rings (SSSR count). The van der Waals surface area contributed by atoms with Gasteiger partial charge < -0.3 is 10.3 Å². The number of carbonyl (C=O) groups is 1. The molecule has 0 saturated carbocycles. The zero-order chi connectivity index (χ0) is 17.6. The Morgan fingerprint density at radius 1 is 1.28 bits per heavy atom. The highest BCUT2D eigenvalue weighted by atomic mass is 32.1. The van der Waals surface area contributed by atoms with Crippen molar-refractivity contribution in [2.24, 2.45) is 0 Å². The number of aromatic nitrogens is 2. The molecule has 0 aliphatic heterocycles. The van der Waals surface area contributed by atoms with E-state index in [1.807, 2.05) is 47.5 Å². The van der Waals surface area contributed by atoms with E-state index in [0.29, 0.717) is 36.4 Å². The molecule has 0 aliphatic rings. The second-order valence-electron chi connectivity index (χ2n) is 5.69. The van der Waals surface area contributed by atoms with Gasteiger partial charge in [-0.05, 0) is 30.1 Å². The molecule has 2 N–H and O–H groups in total. The van der Waals surface area contributed by atoms with Crippen LogP contribution in [0.2, 0.25) is 0 Å². The van der Waals surface area contributed by atoms with Crippen LogP contribution in [0.3, 0.4) is 0 Å². The average Bonchev–Trinajstić information content (AvgIpc) is 3.13. The van der Waals surface area contributed by atoms with Gasteiger partial charge in [0.1, 0.15) is 5.82 Å². The molecular weight excluding hydrogens is 336 g/mol. The average molecular weight is 356 g/mol. The second kappa shape index (κ2) is 8.04. The van der Waals surface area contributed by atoms with E-state index >= 15 is 0 Å². The first-order valence-electron chi connectivity index (χ1n) is 8.15. The van der Waals surface area contributed by atoms with Gasteiger partial charge in [0.25, 0.3) is 5.56 Å². The van der Waals surface area contributed by atoms with Crippen molar-refractivity contribution < 1.29 is 4.79 Å². The number of hydrogen-bond donors (Lipinski definition) is 2. The minimum absolute atomic E-state index is 0.0432. The maximum atomic E-state index is 12.1. The predicted octanol–water partition coefficient (Wildman–Crippen LogP) is 2.12. The molecule has 0 radical (unpaired) electrons. The summed E-state index contributed by atoms with van der Waals surface area (Å²) in [6.07, 6.45) is 0. The molecule has 7 heteroatoms. The van der Waals surface area contributed by atoms with Gasteiger partial charge in [-0.15, -0.1) is 11.3 Å². The van der Waals surface area contributed by atoms with E-state index in [2.05, 4.69) is 15.3 Å². The van der Waals surface area contributed by atoms with Crippen LogP contribution < -0.4 is 10.9 Å². The first-order chi connectivity index (χ1) is 12.2. The topological polar surface area (TPSA) is 78.1 Å². The van der Waals surface area contributed by atoms with Gasteiger partial charge in [0, 0.05) is 4.88 Å². The van der Waals surface area contributed by atoms with Crippen molar-refractivity contribution in [2.75, 3.05) is 13.1 Å². The van der Waals surface area contributed by atoms with E-state index in [9.17, 15) is 9.59 Å². The molecule has 0 unspecified atom stereocenters. The summed E-state index contributed by atoms with van der Waals surface area (Å²) in [5.41, 5.74) is 0.512. The molecule has 2 aromatic heterocycles. The third-order valence-corrected chi connectivity index (χ3v) is 4.77. The Morgan fingerprint density at radius 3 is 2.88 bits per heavy atom. The highest BCUT2D eigenvalue weighted by Crippen LogP contribution is 2.08. The Morgan fingerprint density at radius 2 is 2.12 bits per heavy atom. The molecule has 0 aliphatic carbocycles. The summed E-state index contributed by atoms with van der Waals surface area (Å²) in [6.45, 7) is 3.88. The fourth-order valence-electron chi connectivity index (χ4n) is 2.56. The number of nitrogens with zero attached hydrogens (tertiary/aromatic N) is 2. The molecule has 0 bridgehead atoms. The van der Waals surface area contributed by atoms with E-state index in [0.717, 1.165) is 4.88 Å². The fourth-order valence-corrected chi connectivity index (χ4v) is 3.20. The number of nitrogens with one attached hydrogen (secondary N) is 2. The zero-order valence-corrected chi connectivity index (χ0v) is 14.8. The maximum absolute atomic E-state index is 12.1. The van der Waals surface area contributed by atoms with Crippen molar-refractivity contribution >= 4 is 28.1 Å². The minimum atomic E-state index is -0.154. The lowest BCUT2D eigenvalue weighted by Crippen LogP contribution is -2.37. The lowest BCUT2D eigenvalue weighted by atomic mass is 10.2. The Bertz CT molecular complexity index is 905. The standard InChI is InChI=1S/C18H20N4O2S/c1-2-22(12-17(23)19-10-13-6-5-9-25-13)11-16-20-15-8-4-3-7-14(15)18(24)21-16/h3-9H,2,10-12H2,1H3,(H,19,23)(H,20,21,24). The molecule has 25 heavy (non-hydrogen) atoms. The summed E-state index contributed by atoms with van der Waals surface area (Å²) < 4.78 is 0. The molecule has 0 saturated heterocycles. The van der Waals surface area contributed by atoms with E-state index < -0.39 is 0 Å². The van der Waals surface area contributed by atoms with Gasteiger partial charge in [-0.25, -0.2) is 4.98 Å². The SMILES string of the molecule is CCN(CC(=O)NCc1cccs1)Cc1nc2ccccc2c(=O)[nH]1. The summed E-state index contributed by atoms with van der Waals surface area (Å²) >= 11 is 1.62. The number of carbonyl (C=O) groups excluding carboxylic acids is 1. The normalized spacial score (nSPS) is 11.1. The molecular formula is C18H20N4O2S. The first-order valence-corrected chi connectivity index (χ1v) is 9.03. The number of likely N-dealkylation sites (N-methyl/N-ethyl adjacent to an activating group) is 1. The van der Waals surface area contributed by atoms with E-state index in [1.54, 1.807) is 17.4 Å². The number of amides is 1. The monoisotopic (exact) mass is 356 g/mol. The summed E-state index contributed by atoms with van der Waals surface area (Å²) in [5.74, 6) is 0.523. The lowest BCUT2D eigenvalue weighted by molar-refractivity contribution is -0.122. The molecule has 0 fully saturated rings. The van der Waals surface area contributed by atoms with Crippen LogP contribution in [-0.2, 0) is 17.9 Å². The van der Waals surface area contributed by atoms with Crippen LogP contribution in [0.15, 0.2) is 46.6 Å². The Labute approximate surface area is 149 Å². The molecule has 1 aromatic carbocycles. The van der Waals surface area contributed by atoms with Crippen molar-refractivity contribution in [1.82, 2.24) is 20.2 Å². The maximum Gasteiger partial charge on any atom is 0.258 e. The van der Waals surface area contributed by atoms with E-state index in [-0.39, 0.29) is 18.0 Å².